The summed E-state index contributed by atoms with van der Waals surface area (Å²) in [6.45, 7) is 12.3. The number of carbonyl (C=O) groups excluding carboxylic acids is 1. The van der Waals surface area contributed by atoms with E-state index in [1.165, 1.54) is 33.5 Å². The van der Waals surface area contributed by atoms with Crippen LogP contribution in [0.2, 0.25) is 0 Å². The normalized spacial score (nSPS) is 20.2. The number of amides is 1. The molecule has 0 unspecified atom stereocenters. The molecule has 0 N–H and O–H groups in total. The summed E-state index contributed by atoms with van der Waals surface area (Å²) in [5.41, 5.74) is 1.50. The number of piperazine rings is 1. The van der Waals surface area contributed by atoms with Crippen molar-refractivity contribution in [3.05, 3.63) is 16.3 Å². The number of aryl methyl sites for hydroxylation is 1. The molecule has 2 aromatic heterocycles. The Bertz CT molecular complexity index is 916. The number of rotatable bonds is 7. The van der Waals surface area contributed by atoms with Crippen molar-refractivity contribution in [3.63, 3.8) is 0 Å². The first-order chi connectivity index (χ1) is 15.0. The van der Waals surface area contributed by atoms with E-state index in [1.54, 1.807) is 0 Å². The zero-order valence-corrected chi connectivity index (χ0v) is 20.6. The van der Waals surface area contributed by atoms with Crippen molar-refractivity contribution in [3.8, 4) is 0 Å². The molecule has 0 radical (unpaired) electrons. The molecule has 2 atom stereocenters. The second-order valence-electron chi connectivity index (χ2n) is 9.57. The number of anilines is 1. The summed E-state index contributed by atoms with van der Waals surface area (Å²) < 4.78 is 0. The van der Waals surface area contributed by atoms with Gasteiger partial charge in [-0.2, -0.15) is 0 Å². The Balaban J connectivity index is 1.60. The van der Waals surface area contributed by atoms with Crippen molar-refractivity contribution in [2.24, 2.45) is 5.92 Å². The van der Waals surface area contributed by atoms with Gasteiger partial charge in [0, 0.05) is 43.4 Å². The smallest absolute Gasteiger partial charge is 0.222 e. The number of hydrogen-bond acceptors (Lipinski definition) is 5. The third kappa shape index (κ3) is 4.74. The van der Waals surface area contributed by atoms with E-state index in [9.17, 15) is 4.79 Å². The predicted molar refractivity (Wildman–Crippen MR) is 130 cm³/mol. The van der Waals surface area contributed by atoms with Crippen molar-refractivity contribution >= 4 is 33.3 Å². The highest BCUT2D eigenvalue weighted by atomic mass is 32.1. The number of aromatic nitrogens is 2. The monoisotopic (exact) mass is 442 g/mol. The average molecular weight is 443 g/mol. The zero-order chi connectivity index (χ0) is 22.0. The van der Waals surface area contributed by atoms with Crippen LogP contribution in [0.1, 0.15) is 88.4 Å². The summed E-state index contributed by atoms with van der Waals surface area (Å²) in [4.78, 5) is 29.9. The minimum atomic E-state index is 0.322. The molecule has 2 aliphatic rings. The second kappa shape index (κ2) is 9.85. The molecule has 0 spiro atoms. The Hall–Kier alpha value is -1.69. The van der Waals surface area contributed by atoms with Crippen molar-refractivity contribution in [2.45, 2.75) is 85.0 Å². The molecule has 5 nitrogen and oxygen atoms in total. The lowest BCUT2D eigenvalue weighted by molar-refractivity contribution is -0.131. The molecule has 0 aromatic carbocycles. The molecular formula is C25H38N4OS. The topological polar surface area (TPSA) is 49.3 Å². The molecular weight excluding hydrogens is 404 g/mol. The van der Waals surface area contributed by atoms with E-state index in [2.05, 4.69) is 37.5 Å². The van der Waals surface area contributed by atoms with E-state index in [0.717, 1.165) is 75.8 Å². The summed E-state index contributed by atoms with van der Waals surface area (Å²) in [6.07, 6.45) is 8.64. The molecule has 6 heteroatoms. The van der Waals surface area contributed by atoms with Crippen molar-refractivity contribution in [2.75, 3.05) is 31.1 Å². The van der Waals surface area contributed by atoms with Crippen molar-refractivity contribution in [1.29, 1.82) is 0 Å². The molecule has 1 aliphatic heterocycles. The number of nitrogens with zero attached hydrogens (tertiary/aromatic N) is 4. The van der Waals surface area contributed by atoms with Gasteiger partial charge in [0.25, 0.3) is 0 Å². The Kier molecular flexibility index (Phi) is 7.15. The lowest BCUT2D eigenvalue weighted by Gasteiger charge is -2.36. The van der Waals surface area contributed by atoms with Crippen LogP contribution in [0.25, 0.3) is 10.2 Å². The van der Waals surface area contributed by atoms with E-state index in [-0.39, 0.29) is 0 Å². The molecule has 1 saturated heterocycles. The number of hydrogen-bond donors (Lipinski definition) is 0. The molecule has 0 saturated carbocycles. The van der Waals surface area contributed by atoms with Gasteiger partial charge in [0.2, 0.25) is 5.91 Å². The van der Waals surface area contributed by atoms with Crippen molar-refractivity contribution in [1.82, 2.24) is 14.9 Å². The number of thiophene rings is 1. The van der Waals surface area contributed by atoms with Gasteiger partial charge in [0.15, 0.2) is 0 Å². The number of fused-ring (bicyclic) bond motifs is 3. The van der Waals surface area contributed by atoms with Gasteiger partial charge >= 0.3 is 0 Å². The Morgan fingerprint density at radius 3 is 2.65 bits per heavy atom. The molecule has 170 valence electrons. The van der Waals surface area contributed by atoms with Gasteiger partial charge in [0.05, 0.1) is 5.39 Å². The van der Waals surface area contributed by atoms with Gasteiger partial charge in [-0.1, -0.05) is 40.5 Å². The average Bonchev–Trinajstić information content (AvgIpc) is 3.15. The van der Waals surface area contributed by atoms with E-state index < -0.39 is 0 Å². The molecule has 3 heterocycles. The van der Waals surface area contributed by atoms with Crippen LogP contribution in [0.5, 0.6) is 0 Å². The van der Waals surface area contributed by atoms with Gasteiger partial charge in [-0.05, 0) is 43.6 Å². The minimum Gasteiger partial charge on any atom is -0.352 e. The third-order valence-electron chi connectivity index (χ3n) is 7.13. The highest BCUT2D eigenvalue weighted by molar-refractivity contribution is 7.19. The van der Waals surface area contributed by atoms with E-state index in [0.29, 0.717) is 18.2 Å². The Morgan fingerprint density at radius 2 is 1.94 bits per heavy atom. The van der Waals surface area contributed by atoms with Crippen LogP contribution in [0, 0.1) is 5.92 Å². The molecule has 1 fully saturated rings. The first-order valence-electron chi connectivity index (χ1n) is 12.4. The Morgan fingerprint density at radius 1 is 1.16 bits per heavy atom. The highest BCUT2D eigenvalue weighted by Gasteiger charge is 2.29. The molecule has 2 aromatic rings. The fourth-order valence-electron chi connectivity index (χ4n) is 4.82. The zero-order valence-electron chi connectivity index (χ0n) is 19.7. The molecule has 1 aliphatic carbocycles. The maximum Gasteiger partial charge on any atom is 0.222 e. The van der Waals surface area contributed by atoms with Crippen LogP contribution in [-0.4, -0.2) is 47.0 Å². The summed E-state index contributed by atoms with van der Waals surface area (Å²) >= 11 is 1.90. The van der Waals surface area contributed by atoms with Crippen LogP contribution < -0.4 is 4.90 Å². The first-order valence-corrected chi connectivity index (χ1v) is 13.2. The maximum absolute atomic E-state index is 12.6. The fraction of sp³-hybridized carbons (Fsp3) is 0.720. The van der Waals surface area contributed by atoms with Gasteiger partial charge in [-0.25, -0.2) is 9.97 Å². The number of carbonyl (C=O) groups is 1. The standard InChI is InChI=1S/C25H38N4OS/c1-5-7-8-9-21(30)28-12-14-29(15-13-28)24-22-19-11-10-17(3)16-20(19)31-25(22)27-23(26-24)18(4)6-2/h17-18H,5-16H2,1-4H3/t17-,18-/m0/s1. The lowest BCUT2D eigenvalue weighted by atomic mass is 9.89. The summed E-state index contributed by atoms with van der Waals surface area (Å²) in [7, 11) is 0. The summed E-state index contributed by atoms with van der Waals surface area (Å²) in [5.74, 6) is 3.55. The fourth-order valence-corrected chi connectivity index (χ4v) is 6.21. The van der Waals surface area contributed by atoms with Gasteiger partial charge in [-0.3, -0.25) is 4.79 Å². The summed E-state index contributed by atoms with van der Waals surface area (Å²) in [5, 5.41) is 1.31. The lowest BCUT2D eigenvalue weighted by Crippen LogP contribution is -2.49. The van der Waals surface area contributed by atoms with Gasteiger partial charge in [0.1, 0.15) is 16.5 Å². The van der Waals surface area contributed by atoms with Crippen molar-refractivity contribution < 1.29 is 4.79 Å². The second-order valence-corrected chi connectivity index (χ2v) is 10.7. The number of unbranched alkanes of at least 4 members (excludes halogenated alkanes) is 2. The largest absolute Gasteiger partial charge is 0.352 e. The van der Waals surface area contributed by atoms with Crippen LogP contribution in [0.15, 0.2) is 0 Å². The SMILES string of the molecule is CCCCCC(=O)N1CCN(c2nc([C@@H](C)CC)nc3sc4c(c23)CC[C@H](C)C4)CC1. The minimum absolute atomic E-state index is 0.322. The quantitative estimate of drug-likeness (QED) is 0.527. The van der Waals surface area contributed by atoms with E-state index in [4.69, 9.17) is 9.97 Å². The molecule has 0 bridgehead atoms. The first kappa shape index (κ1) is 22.5. The summed E-state index contributed by atoms with van der Waals surface area (Å²) in [6, 6.07) is 0. The predicted octanol–water partition coefficient (Wildman–Crippen LogP) is 5.56. The van der Waals surface area contributed by atoms with E-state index in [1.807, 2.05) is 11.3 Å². The molecule has 31 heavy (non-hydrogen) atoms. The van der Waals surface area contributed by atoms with E-state index >= 15 is 0 Å². The van der Waals surface area contributed by atoms with Crippen LogP contribution in [0.3, 0.4) is 0 Å². The third-order valence-corrected chi connectivity index (χ3v) is 8.28. The van der Waals surface area contributed by atoms with Gasteiger partial charge in [-0.15, -0.1) is 11.3 Å². The van der Waals surface area contributed by atoms with Crippen LogP contribution in [-0.2, 0) is 17.6 Å². The molecule has 1 amide bonds. The molecule has 4 rings (SSSR count). The maximum atomic E-state index is 12.6. The Labute approximate surface area is 191 Å². The van der Waals surface area contributed by atoms with Gasteiger partial charge < -0.3 is 9.80 Å². The van der Waals surface area contributed by atoms with Crippen LogP contribution in [0.4, 0.5) is 5.82 Å². The van der Waals surface area contributed by atoms with Crippen LogP contribution >= 0.6 is 11.3 Å². The highest BCUT2D eigenvalue weighted by Crippen LogP contribution is 2.41.